The van der Waals surface area contributed by atoms with E-state index < -0.39 is 13.5 Å². The number of carbonyl (C=O) groups is 1. The van der Waals surface area contributed by atoms with Crippen molar-refractivity contribution in [3.8, 4) is 0 Å². The van der Waals surface area contributed by atoms with Gasteiger partial charge in [-0.15, -0.1) is 0 Å². The monoisotopic (exact) mass is 522 g/mol. The van der Waals surface area contributed by atoms with Crippen LogP contribution in [0, 0.1) is 0 Å². The number of likely N-dealkylation sites (N-methyl/N-ethyl adjacent to an activating group) is 1. The lowest BCUT2D eigenvalue weighted by Crippen LogP contribution is -2.55. The summed E-state index contributed by atoms with van der Waals surface area (Å²) < 4.78 is 0. The molecule has 3 fully saturated rings. The second-order valence-electron chi connectivity index (χ2n) is 11.4. The maximum absolute atomic E-state index is 13.5. The van der Waals surface area contributed by atoms with Crippen LogP contribution in [0.25, 0.3) is 0 Å². The zero-order valence-corrected chi connectivity index (χ0v) is 23.8. The van der Waals surface area contributed by atoms with Gasteiger partial charge < -0.3 is 5.73 Å². The molecule has 1 heterocycles. The molecule has 2 aliphatic carbocycles. The maximum atomic E-state index is 13.5. The first-order chi connectivity index (χ1) is 17.6. The largest absolute Gasteiger partial charge is 0.368 e. The smallest absolute Gasteiger partial charge is 0.238 e. The first-order valence-electron chi connectivity index (χ1n) is 14.2. The Kier molecular flexibility index (Phi) is 8.83. The van der Waals surface area contributed by atoms with Gasteiger partial charge in [0.25, 0.3) is 0 Å². The van der Waals surface area contributed by atoms with Gasteiger partial charge in [0.2, 0.25) is 5.91 Å². The van der Waals surface area contributed by atoms with Gasteiger partial charge in [0.1, 0.15) is 5.54 Å². The highest BCUT2D eigenvalue weighted by Crippen LogP contribution is 2.62. The molecule has 2 saturated carbocycles. The number of benzene rings is 2. The summed E-state index contributed by atoms with van der Waals surface area (Å²) in [5, 5.41) is 2.69. The Bertz CT molecular complexity index is 917. The van der Waals surface area contributed by atoms with Crippen LogP contribution in [-0.4, -0.2) is 53.1 Å². The van der Waals surface area contributed by atoms with Crippen molar-refractivity contribution < 1.29 is 4.79 Å². The Hall–Kier alpha value is -1.27. The van der Waals surface area contributed by atoms with E-state index in [-0.39, 0.29) is 13.8 Å². The average Bonchev–Trinajstić information content (AvgIpc) is 3.26. The van der Waals surface area contributed by atoms with Gasteiger partial charge in [-0.25, -0.2) is 0 Å². The third-order valence-corrected chi connectivity index (χ3v) is 15.8. The molecule has 0 aromatic heterocycles. The number of carbonyl (C=O) groups excluding carboxylic acids is 1. The Labute approximate surface area is 221 Å². The van der Waals surface area contributed by atoms with Gasteiger partial charge in [-0.3, -0.25) is 9.69 Å². The summed E-state index contributed by atoms with van der Waals surface area (Å²) in [5.41, 5.74) is 8.29. The van der Waals surface area contributed by atoms with Crippen molar-refractivity contribution in [3.63, 3.8) is 0 Å². The first kappa shape index (κ1) is 26.3. The molecule has 36 heavy (non-hydrogen) atoms. The highest BCUT2D eigenvalue weighted by atomic mass is 31.1. The van der Waals surface area contributed by atoms with E-state index in [1.165, 1.54) is 74.8 Å². The fraction of sp³-hybridized carbons (Fsp3) is 0.581. The molecule has 2 N–H and O–H groups in total. The van der Waals surface area contributed by atoms with E-state index in [0.29, 0.717) is 5.66 Å². The van der Waals surface area contributed by atoms with Crippen LogP contribution in [0.2, 0.25) is 0 Å². The molecule has 194 valence electrons. The van der Waals surface area contributed by atoms with Crippen molar-refractivity contribution >= 4 is 32.4 Å². The molecule has 5 heteroatoms. The highest BCUT2D eigenvalue weighted by molar-refractivity contribution is 7.73. The van der Waals surface area contributed by atoms with E-state index in [1.54, 1.807) is 0 Å². The second kappa shape index (κ2) is 12.1. The Morgan fingerprint density at radius 2 is 1.28 bits per heavy atom. The number of amides is 1. The lowest BCUT2D eigenvalue weighted by molar-refractivity contribution is -0.126. The Morgan fingerprint density at radius 3 is 1.72 bits per heavy atom. The Balaban J connectivity index is 1.46. The van der Waals surface area contributed by atoms with E-state index >= 15 is 0 Å². The SMILES string of the molecule is CN1C[C@H](P(C2CCCCC2)C2CCCCC2)C[C@]1(CP(c1ccccc1)c1ccccc1)C(N)=O. The number of nitrogens with zero attached hydrogens (tertiary/aromatic N) is 1. The number of hydrogen-bond acceptors (Lipinski definition) is 2. The molecular formula is C31H44N2OP2. The molecule has 0 bridgehead atoms. The molecule has 0 spiro atoms. The van der Waals surface area contributed by atoms with Crippen LogP contribution in [0.5, 0.6) is 0 Å². The first-order valence-corrected chi connectivity index (χ1v) is 17.3. The maximum Gasteiger partial charge on any atom is 0.238 e. The summed E-state index contributed by atoms with van der Waals surface area (Å²) in [4.78, 5) is 15.9. The standard InChI is InChI=1S/C31H44N2OP2/c1-33-23-29(36(27-18-10-4-11-19-27)28-20-12-5-13-21-28)22-31(33,30(32)34)24-35(25-14-6-2-7-15-25)26-16-8-3-9-17-26/h2-3,6-9,14-17,27-29H,4-5,10-13,18-24H2,1H3,(H2,32,34)/t29-,31+/m1/s1. The summed E-state index contributed by atoms with van der Waals surface area (Å²) in [5.74, 6) is -0.103. The minimum absolute atomic E-state index is 0.0837. The van der Waals surface area contributed by atoms with Crippen molar-refractivity contribution in [2.24, 2.45) is 5.73 Å². The summed E-state index contributed by atoms with van der Waals surface area (Å²) in [6.45, 7) is 1.05. The third-order valence-electron chi connectivity index (χ3n) is 9.22. The van der Waals surface area contributed by atoms with Crippen LogP contribution in [0.15, 0.2) is 60.7 Å². The third kappa shape index (κ3) is 5.60. The number of likely N-dealkylation sites (tertiary alicyclic amines) is 1. The van der Waals surface area contributed by atoms with Crippen molar-refractivity contribution in [3.05, 3.63) is 60.7 Å². The van der Waals surface area contributed by atoms with Gasteiger partial charge in [0.15, 0.2) is 0 Å². The van der Waals surface area contributed by atoms with Crippen molar-refractivity contribution in [1.82, 2.24) is 4.90 Å². The quantitative estimate of drug-likeness (QED) is 0.420. The normalized spacial score (nSPS) is 26.6. The minimum atomic E-state index is -0.672. The summed E-state index contributed by atoms with van der Waals surface area (Å²) >= 11 is 0. The van der Waals surface area contributed by atoms with Crippen molar-refractivity contribution in [1.29, 1.82) is 0 Å². The molecule has 1 aliphatic heterocycles. The van der Waals surface area contributed by atoms with Gasteiger partial charge in [-0.05, 0) is 74.7 Å². The highest BCUT2D eigenvalue weighted by Gasteiger charge is 2.53. The summed E-state index contributed by atoms with van der Waals surface area (Å²) in [6, 6.07) is 21.7. The molecule has 3 aliphatic rings. The lowest BCUT2D eigenvalue weighted by Gasteiger charge is -2.42. The van der Waals surface area contributed by atoms with Gasteiger partial charge in [-0.2, -0.15) is 0 Å². The van der Waals surface area contributed by atoms with E-state index in [0.717, 1.165) is 30.4 Å². The molecule has 1 amide bonds. The molecule has 2 aromatic carbocycles. The van der Waals surface area contributed by atoms with Gasteiger partial charge in [0.05, 0.1) is 0 Å². The lowest BCUT2D eigenvalue weighted by atomic mass is 9.98. The Morgan fingerprint density at radius 1 is 0.806 bits per heavy atom. The molecule has 2 atom stereocenters. The number of hydrogen-bond donors (Lipinski definition) is 1. The van der Waals surface area contributed by atoms with E-state index in [4.69, 9.17) is 5.73 Å². The fourth-order valence-electron chi connectivity index (χ4n) is 7.31. The molecule has 0 radical (unpaired) electrons. The van der Waals surface area contributed by atoms with Gasteiger partial charge in [0, 0.05) is 12.7 Å². The van der Waals surface area contributed by atoms with E-state index in [9.17, 15) is 4.79 Å². The average molecular weight is 523 g/mol. The molecule has 0 unspecified atom stereocenters. The van der Waals surface area contributed by atoms with E-state index in [2.05, 4.69) is 72.6 Å². The summed E-state index contributed by atoms with van der Waals surface area (Å²) in [7, 11) is 1.44. The second-order valence-corrected chi connectivity index (χ2v) is 16.7. The molecule has 1 saturated heterocycles. The van der Waals surface area contributed by atoms with Crippen molar-refractivity contribution in [2.45, 2.75) is 93.1 Å². The van der Waals surface area contributed by atoms with Crippen LogP contribution in [-0.2, 0) is 4.79 Å². The van der Waals surface area contributed by atoms with E-state index in [1.807, 2.05) is 0 Å². The van der Waals surface area contributed by atoms with Crippen LogP contribution < -0.4 is 16.3 Å². The van der Waals surface area contributed by atoms with Crippen molar-refractivity contribution in [2.75, 3.05) is 19.8 Å². The molecule has 2 aromatic rings. The van der Waals surface area contributed by atoms with Crippen LogP contribution in [0.4, 0.5) is 0 Å². The molecular weight excluding hydrogens is 478 g/mol. The zero-order valence-electron chi connectivity index (χ0n) is 22.0. The summed E-state index contributed by atoms with van der Waals surface area (Å²) in [6.07, 6.45) is 16.0. The molecule has 3 nitrogen and oxygen atoms in total. The van der Waals surface area contributed by atoms with Crippen LogP contribution in [0.1, 0.15) is 70.6 Å². The topological polar surface area (TPSA) is 46.3 Å². The predicted octanol–water partition coefficient (Wildman–Crippen LogP) is 6.19. The minimum Gasteiger partial charge on any atom is -0.368 e. The van der Waals surface area contributed by atoms with Gasteiger partial charge in [-0.1, -0.05) is 107 Å². The molecule has 5 rings (SSSR count). The fourth-order valence-corrected chi connectivity index (χ4v) is 14.7. The number of nitrogens with two attached hydrogens (primary N) is 1. The zero-order chi connectivity index (χ0) is 25.0. The van der Waals surface area contributed by atoms with Gasteiger partial charge >= 0.3 is 0 Å². The number of primary amides is 1. The van der Waals surface area contributed by atoms with Crippen LogP contribution in [0.3, 0.4) is 0 Å². The predicted molar refractivity (Wildman–Crippen MR) is 158 cm³/mol. The van der Waals surface area contributed by atoms with Crippen LogP contribution >= 0.6 is 15.8 Å². The number of rotatable bonds is 8.